The van der Waals surface area contributed by atoms with E-state index in [-0.39, 0.29) is 11.6 Å². The molecule has 3 heterocycles. The van der Waals surface area contributed by atoms with Gasteiger partial charge in [0.15, 0.2) is 4.77 Å². The third kappa shape index (κ3) is 2.80. The molecule has 154 valence electrons. The van der Waals surface area contributed by atoms with Crippen LogP contribution >= 0.6 is 12.2 Å². The summed E-state index contributed by atoms with van der Waals surface area (Å²) in [4.78, 5) is 3.41. The fourth-order valence-corrected chi connectivity index (χ4v) is 4.54. The lowest BCUT2D eigenvalue weighted by atomic mass is 9.93. The number of hydrogen-bond acceptors (Lipinski definition) is 3. The lowest BCUT2D eigenvalue weighted by molar-refractivity contribution is -0.274. The Balaban J connectivity index is 1.77. The molecular formula is C21H16F3N3O2S. The molecule has 0 bridgehead atoms. The van der Waals surface area contributed by atoms with Gasteiger partial charge in [0.05, 0.1) is 5.69 Å². The van der Waals surface area contributed by atoms with Gasteiger partial charge < -0.3 is 19.4 Å². The lowest BCUT2D eigenvalue weighted by Crippen LogP contribution is -2.22. The quantitative estimate of drug-likeness (QED) is 0.379. The Morgan fingerprint density at radius 2 is 1.93 bits per heavy atom. The second-order valence-corrected chi connectivity index (χ2v) is 7.61. The maximum atomic E-state index is 12.8. The summed E-state index contributed by atoms with van der Waals surface area (Å²) in [5.74, 6) is -0.264. The standard InChI is InChI=1S/C21H16F3N3O2S/c1-26-19(28)16-10-14-13-7-2-3-8-15(13)25-17(14)18(27(16)20(26)30)11-5-4-6-12(9-11)29-21(22,23)24/h2-9,18,25,28H,10H2,1H3/t18-/m1/s1. The topological polar surface area (TPSA) is 55.1 Å². The molecule has 0 amide bonds. The first-order valence-corrected chi connectivity index (χ1v) is 9.59. The zero-order valence-electron chi connectivity index (χ0n) is 15.7. The van der Waals surface area contributed by atoms with Gasteiger partial charge >= 0.3 is 6.36 Å². The Bertz CT molecular complexity index is 1350. The second kappa shape index (κ2) is 6.40. The first-order chi connectivity index (χ1) is 14.2. The Hall–Kier alpha value is -3.20. The molecular weight excluding hydrogens is 415 g/mol. The van der Waals surface area contributed by atoms with Crippen LogP contribution in [0.1, 0.15) is 28.6 Å². The smallest absolute Gasteiger partial charge is 0.493 e. The van der Waals surface area contributed by atoms with Gasteiger partial charge in [0.2, 0.25) is 5.88 Å². The predicted molar refractivity (Wildman–Crippen MR) is 107 cm³/mol. The Kier molecular flexibility index (Phi) is 4.01. The van der Waals surface area contributed by atoms with Crippen molar-refractivity contribution in [1.29, 1.82) is 0 Å². The number of nitrogens with zero attached hydrogens (tertiary/aromatic N) is 2. The van der Waals surface area contributed by atoms with Gasteiger partial charge in [-0.3, -0.25) is 4.57 Å². The SMILES string of the molecule is Cn1c(O)c2n(c1=S)[C@H](c1cccc(OC(F)(F)F)c1)c1[nH]c3ccccc3c1C2. The van der Waals surface area contributed by atoms with E-state index in [1.54, 1.807) is 17.7 Å². The molecule has 2 N–H and O–H groups in total. The monoisotopic (exact) mass is 431 g/mol. The van der Waals surface area contributed by atoms with Crippen molar-refractivity contribution >= 4 is 23.1 Å². The Morgan fingerprint density at radius 1 is 1.17 bits per heavy atom. The van der Waals surface area contributed by atoms with E-state index >= 15 is 0 Å². The van der Waals surface area contributed by atoms with E-state index in [0.717, 1.165) is 22.2 Å². The summed E-state index contributed by atoms with van der Waals surface area (Å²) in [7, 11) is 1.66. The van der Waals surface area contributed by atoms with E-state index in [4.69, 9.17) is 12.2 Å². The van der Waals surface area contributed by atoms with Gasteiger partial charge in [-0.2, -0.15) is 0 Å². The molecule has 1 aliphatic rings. The molecule has 5 rings (SSSR count). The van der Waals surface area contributed by atoms with Crippen molar-refractivity contribution < 1.29 is 23.0 Å². The Morgan fingerprint density at radius 3 is 2.70 bits per heavy atom. The van der Waals surface area contributed by atoms with Crippen molar-refractivity contribution in [2.75, 3.05) is 0 Å². The number of hydrogen-bond donors (Lipinski definition) is 2. The van der Waals surface area contributed by atoms with E-state index < -0.39 is 12.4 Å². The van der Waals surface area contributed by atoms with Crippen molar-refractivity contribution in [2.45, 2.75) is 18.8 Å². The van der Waals surface area contributed by atoms with Crippen LogP contribution in [0, 0.1) is 4.77 Å². The summed E-state index contributed by atoms with van der Waals surface area (Å²) in [6.07, 6.45) is -4.34. The number of halogens is 3. The van der Waals surface area contributed by atoms with Gasteiger partial charge in [0.1, 0.15) is 11.8 Å². The maximum absolute atomic E-state index is 12.8. The largest absolute Gasteiger partial charge is 0.573 e. The van der Waals surface area contributed by atoms with Crippen LogP contribution in [0.3, 0.4) is 0 Å². The molecule has 0 radical (unpaired) electrons. The minimum Gasteiger partial charge on any atom is -0.493 e. The fraction of sp³-hybridized carbons (Fsp3) is 0.190. The summed E-state index contributed by atoms with van der Waals surface area (Å²) >= 11 is 5.55. The van der Waals surface area contributed by atoms with Gasteiger partial charge in [0.25, 0.3) is 0 Å². The van der Waals surface area contributed by atoms with Crippen LogP contribution in [0.4, 0.5) is 13.2 Å². The molecule has 5 nitrogen and oxygen atoms in total. The van der Waals surface area contributed by atoms with Gasteiger partial charge in [-0.1, -0.05) is 30.3 Å². The van der Waals surface area contributed by atoms with Crippen LogP contribution < -0.4 is 4.74 Å². The van der Waals surface area contributed by atoms with E-state index in [1.807, 2.05) is 24.3 Å². The van der Waals surface area contributed by atoms with Crippen LogP contribution in [0.25, 0.3) is 10.9 Å². The zero-order valence-corrected chi connectivity index (χ0v) is 16.5. The third-order valence-corrected chi connectivity index (χ3v) is 5.96. The predicted octanol–water partition coefficient (Wildman–Crippen LogP) is 5.18. The number of aromatic amines is 1. The molecule has 9 heteroatoms. The number of H-pyrrole nitrogens is 1. The number of benzene rings is 2. The molecule has 2 aromatic carbocycles. The number of fused-ring (bicyclic) bond motifs is 4. The molecule has 1 atom stereocenters. The minimum absolute atomic E-state index is 0.0450. The number of ether oxygens (including phenoxy) is 1. The van der Waals surface area contributed by atoms with Crippen molar-refractivity contribution in [1.82, 2.24) is 14.1 Å². The van der Waals surface area contributed by atoms with Gasteiger partial charge in [-0.25, -0.2) is 0 Å². The van der Waals surface area contributed by atoms with Crippen LogP contribution in [0.5, 0.6) is 11.6 Å². The number of rotatable bonds is 2. The molecule has 0 fully saturated rings. The highest BCUT2D eigenvalue weighted by Crippen LogP contribution is 2.43. The average molecular weight is 431 g/mol. The van der Waals surface area contributed by atoms with Gasteiger partial charge in [-0.05, 0) is 41.5 Å². The highest BCUT2D eigenvalue weighted by molar-refractivity contribution is 7.71. The second-order valence-electron chi connectivity index (χ2n) is 7.24. The zero-order chi connectivity index (χ0) is 21.2. The van der Waals surface area contributed by atoms with Gasteiger partial charge in [0, 0.05) is 30.1 Å². The molecule has 0 unspecified atom stereocenters. The van der Waals surface area contributed by atoms with Gasteiger partial charge in [-0.15, -0.1) is 13.2 Å². The third-order valence-electron chi connectivity index (χ3n) is 5.49. The average Bonchev–Trinajstić information content (AvgIpc) is 3.17. The molecule has 0 saturated heterocycles. The number of aromatic hydroxyl groups is 1. The first-order valence-electron chi connectivity index (χ1n) is 9.19. The molecule has 30 heavy (non-hydrogen) atoms. The minimum atomic E-state index is -4.79. The van der Waals surface area contributed by atoms with Crippen molar-refractivity contribution in [3.05, 3.63) is 75.8 Å². The highest BCUT2D eigenvalue weighted by atomic mass is 32.1. The summed E-state index contributed by atoms with van der Waals surface area (Å²) < 4.78 is 46.1. The van der Waals surface area contributed by atoms with Crippen molar-refractivity contribution in [2.24, 2.45) is 7.05 Å². The van der Waals surface area contributed by atoms with E-state index in [9.17, 15) is 18.3 Å². The van der Waals surface area contributed by atoms with Crippen molar-refractivity contribution in [3.8, 4) is 11.6 Å². The van der Waals surface area contributed by atoms with Crippen LogP contribution in [0.2, 0.25) is 0 Å². The molecule has 4 aromatic rings. The van der Waals surface area contributed by atoms with E-state index in [0.29, 0.717) is 22.4 Å². The summed E-state index contributed by atoms with van der Waals surface area (Å²) in [5.41, 5.74) is 3.90. The number of nitrogens with one attached hydrogen (secondary N) is 1. The molecule has 0 aliphatic carbocycles. The lowest BCUT2D eigenvalue weighted by Gasteiger charge is -2.27. The highest BCUT2D eigenvalue weighted by Gasteiger charge is 2.35. The summed E-state index contributed by atoms with van der Waals surface area (Å²) in [6.45, 7) is 0. The molecule has 0 saturated carbocycles. The number of para-hydroxylation sites is 1. The van der Waals surface area contributed by atoms with E-state index in [1.165, 1.54) is 22.8 Å². The molecule has 2 aromatic heterocycles. The first kappa shape index (κ1) is 18.8. The van der Waals surface area contributed by atoms with Crippen LogP contribution in [-0.2, 0) is 13.5 Å². The number of alkyl halides is 3. The summed E-state index contributed by atoms with van der Waals surface area (Å²) in [5, 5.41) is 11.7. The van der Waals surface area contributed by atoms with E-state index in [2.05, 4.69) is 9.72 Å². The summed E-state index contributed by atoms with van der Waals surface area (Å²) in [6, 6.07) is 13.1. The van der Waals surface area contributed by atoms with Crippen molar-refractivity contribution in [3.63, 3.8) is 0 Å². The van der Waals surface area contributed by atoms with Crippen LogP contribution in [0.15, 0.2) is 48.5 Å². The number of aromatic nitrogens is 3. The maximum Gasteiger partial charge on any atom is 0.573 e. The Labute approximate surface area is 174 Å². The normalized spacial score (nSPS) is 15.8. The fourth-order valence-electron chi connectivity index (χ4n) is 4.24. The molecule has 1 aliphatic heterocycles. The molecule has 0 spiro atoms. The number of imidazole rings is 1. The van der Waals surface area contributed by atoms with Crippen LogP contribution in [-0.4, -0.2) is 25.6 Å².